The Balaban J connectivity index is 1.26. The molecule has 0 bridgehead atoms. The predicted molar refractivity (Wildman–Crippen MR) is 140 cm³/mol. The van der Waals surface area contributed by atoms with E-state index < -0.39 is 53.0 Å². The van der Waals surface area contributed by atoms with Crippen LogP contribution in [0.25, 0.3) is 0 Å². The maximum absolute atomic E-state index is 13.2. The molecule has 1 saturated heterocycles. The molecule has 0 saturated carbocycles. The first-order chi connectivity index (χ1) is 20.2. The van der Waals surface area contributed by atoms with E-state index >= 15 is 0 Å². The first-order valence-electron chi connectivity index (χ1n) is 11.9. The van der Waals surface area contributed by atoms with E-state index in [1.165, 1.54) is 65.0 Å². The van der Waals surface area contributed by atoms with Gasteiger partial charge >= 0.3 is 17.8 Å². The van der Waals surface area contributed by atoms with Crippen molar-refractivity contribution in [3.05, 3.63) is 59.6 Å². The summed E-state index contributed by atoms with van der Waals surface area (Å²) in [6.07, 6.45) is 2.44. The normalized spacial score (nSPS) is 18.5. The highest BCUT2D eigenvalue weighted by atomic mass is 32.2. The van der Waals surface area contributed by atoms with Gasteiger partial charge in [-0.25, -0.2) is 9.48 Å². The van der Waals surface area contributed by atoms with E-state index in [9.17, 15) is 33.9 Å². The number of amides is 5. The minimum Gasteiger partial charge on any atom is -0.477 e. The molecule has 5 amide bonds. The maximum Gasteiger partial charge on any atom is 0.352 e. The Hall–Kier alpha value is -4.91. The largest absolute Gasteiger partial charge is 0.477 e. The molecular formula is C23H20N8O9S2. The van der Waals surface area contributed by atoms with Crippen molar-refractivity contribution in [3.8, 4) is 0 Å². The van der Waals surface area contributed by atoms with Crippen molar-refractivity contribution in [1.82, 2.24) is 41.1 Å². The summed E-state index contributed by atoms with van der Waals surface area (Å²) < 4.78 is 11.5. The lowest BCUT2D eigenvalue weighted by Crippen LogP contribution is -2.71. The fourth-order valence-electron chi connectivity index (χ4n) is 4.07. The summed E-state index contributed by atoms with van der Waals surface area (Å²) in [5.74, 6) is -6.36. The number of thioether (sulfide) groups is 2. The van der Waals surface area contributed by atoms with E-state index in [4.69, 9.17) is 8.83 Å². The van der Waals surface area contributed by atoms with Gasteiger partial charge in [0.25, 0.3) is 17.7 Å². The van der Waals surface area contributed by atoms with Gasteiger partial charge in [-0.1, -0.05) is 11.8 Å². The second-order valence-corrected chi connectivity index (χ2v) is 10.8. The molecule has 0 radical (unpaired) electrons. The lowest BCUT2D eigenvalue weighted by Gasteiger charge is -2.49. The van der Waals surface area contributed by atoms with E-state index in [-0.39, 0.29) is 28.7 Å². The Labute approximate surface area is 243 Å². The Kier molecular flexibility index (Phi) is 8.11. The number of carboxylic acids is 1. The molecule has 4 N–H and O–H groups in total. The number of furan rings is 2. The number of fused-ring (bicyclic) bond motifs is 1. The van der Waals surface area contributed by atoms with Crippen LogP contribution in [0.15, 0.2) is 62.1 Å². The van der Waals surface area contributed by atoms with Crippen molar-refractivity contribution in [2.45, 2.75) is 22.6 Å². The lowest BCUT2D eigenvalue weighted by atomic mass is 10.0. The molecule has 0 aromatic carbocycles. The molecule has 19 heteroatoms. The van der Waals surface area contributed by atoms with E-state index in [0.717, 1.165) is 4.90 Å². The molecule has 5 rings (SSSR count). The number of hydrogen-bond donors (Lipinski definition) is 4. The number of hydrogen-bond acceptors (Lipinski definition) is 13. The number of β-lactam (4-membered cyclic amide) rings is 1. The summed E-state index contributed by atoms with van der Waals surface area (Å²) in [7, 11) is 1.64. The number of imide groups is 1. The van der Waals surface area contributed by atoms with Crippen LogP contribution in [0.3, 0.4) is 0 Å². The van der Waals surface area contributed by atoms with Gasteiger partial charge in [0.15, 0.2) is 11.8 Å². The summed E-state index contributed by atoms with van der Waals surface area (Å²) >= 11 is 2.46. The number of carboxylic acid groups (broad SMARTS) is 1. The second kappa shape index (κ2) is 11.9. The number of aromatic nitrogens is 4. The number of carbonyl (C=O) groups excluding carboxylic acids is 5. The van der Waals surface area contributed by atoms with Gasteiger partial charge in [0.1, 0.15) is 22.9 Å². The van der Waals surface area contributed by atoms with E-state index in [1.54, 1.807) is 7.05 Å². The smallest absolute Gasteiger partial charge is 0.352 e. The molecule has 3 aromatic rings. The average molecular weight is 617 g/mol. The number of nitrogens with zero attached hydrogens (tertiary/aromatic N) is 5. The minimum absolute atomic E-state index is 0.0605. The molecule has 17 nitrogen and oxygen atoms in total. The summed E-state index contributed by atoms with van der Waals surface area (Å²) in [6, 6.07) is 2.81. The molecule has 3 aromatic heterocycles. The fourth-order valence-corrected chi connectivity index (χ4v) is 6.41. The summed E-state index contributed by atoms with van der Waals surface area (Å²) in [6.45, 7) is 0. The topological polar surface area (TPSA) is 232 Å². The Morgan fingerprint density at radius 2 is 1.93 bits per heavy atom. The first-order valence-corrected chi connectivity index (χ1v) is 14.0. The zero-order chi connectivity index (χ0) is 30.0. The highest BCUT2D eigenvalue weighted by Gasteiger charge is 2.54. The van der Waals surface area contributed by atoms with E-state index in [1.807, 2.05) is 5.32 Å². The summed E-state index contributed by atoms with van der Waals surface area (Å²) in [4.78, 5) is 76.4. The van der Waals surface area contributed by atoms with Gasteiger partial charge in [-0.2, -0.15) is 0 Å². The van der Waals surface area contributed by atoms with Crippen LogP contribution >= 0.6 is 23.5 Å². The Morgan fingerprint density at radius 1 is 1.17 bits per heavy atom. The fraction of sp³-hybridized carbons (Fsp3) is 0.261. The number of aryl methyl sites for hydroxylation is 1. The molecule has 0 spiro atoms. The first kappa shape index (κ1) is 28.6. The Bertz CT molecular complexity index is 1580. The third-order valence-electron chi connectivity index (χ3n) is 6.05. The van der Waals surface area contributed by atoms with Crippen LogP contribution in [-0.2, 0) is 31.0 Å². The van der Waals surface area contributed by atoms with Crippen molar-refractivity contribution in [1.29, 1.82) is 0 Å². The van der Waals surface area contributed by atoms with Crippen molar-refractivity contribution in [2.75, 3.05) is 11.5 Å². The number of tetrazole rings is 1. The summed E-state index contributed by atoms with van der Waals surface area (Å²) in [5.41, 5.74) is 0.288. The monoisotopic (exact) mass is 616 g/mol. The number of rotatable bonds is 9. The zero-order valence-electron chi connectivity index (χ0n) is 21.4. The minimum atomic E-state index is -1.56. The van der Waals surface area contributed by atoms with E-state index in [2.05, 4.69) is 26.2 Å². The molecule has 218 valence electrons. The highest BCUT2D eigenvalue weighted by molar-refractivity contribution is 8.01. The third-order valence-corrected chi connectivity index (χ3v) is 8.48. The molecule has 1 unspecified atom stereocenters. The van der Waals surface area contributed by atoms with Gasteiger partial charge in [-0.15, -0.1) is 16.9 Å². The summed E-state index contributed by atoms with van der Waals surface area (Å²) in [5, 5.41) is 27.2. The lowest BCUT2D eigenvalue weighted by molar-refractivity contribution is -0.151. The van der Waals surface area contributed by atoms with Crippen LogP contribution in [0.2, 0.25) is 0 Å². The van der Waals surface area contributed by atoms with Crippen LogP contribution in [0.1, 0.15) is 22.4 Å². The SMILES string of the molecule is Cn1nnnc1SCC1=C(C(=O)O)N2C(=O)[C@H](NC(=O)C(NC(=O)C(=O)NC(=O)c3ccco3)c3ccco3)[C@@H]2SC1. The van der Waals surface area contributed by atoms with Crippen LogP contribution in [0, 0.1) is 0 Å². The quantitative estimate of drug-likeness (QED) is 0.129. The average Bonchev–Trinajstić information content (AvgIpc) is 3.76. The Morgan fingerprint density at radius 3 is 2.57 bits per heavy atom. The van der Waals surface area contributed by atoms with Crippen molar-refractivity contribution in [2.24, 2.45) is 7.05 Å². The maximum atomic E-state index is 13.2. The van der Waals surface area contributed by atoms with Crippen molar-refractivity contribution < 1.29 is 42.7 Å². The number of nitrogens with one attached hydrogen (secondary N) is 3. The van der Waals surface area contributed by atoms with Crippen LogP contribution in [0.4, 0.5) is 0 Å². The van der Waals surface area contributed by atoms with Crippen molar-refractivity contribution >= 4 is 59.0 Å². The van der Waals surface area contributed by atoms with Gasteiger partial charge in [-0.05, 0) is 40.3 Å². The molecule has 2 aliphatic heterocycles. The van der Waals surface area contributed by atoms with Crippen LogP contribution in [-0.4, -0.2) is 88.6 Å². The van der Waals surface area contributed by atoms with Gasteiger partial charge in [0, 0.05) is 18.6 Å². The second-order valence-electron chi connectivity index (χ2n) is 8.71. The molecule has 1 fully saturated rings. The molecular weight excluding hydrogens is 596 g/mol. The van der Waals surface area contributed by atoms with Gasteiger partial charge in [0.05, 0.1) is 12.5 Å². The zero-order valence-corrected chi connectivity index (χ0v) is 23.0. The molecule has 5 heterocycles. The highest BCUT2D eigenvalue weighted by Crippen LogP contribution is 2.41. The van der Waals surface area contributed by atoms with E-state index in [0.29, 0.717) is 10.7 Å². The molecule has 0 aliphatic carbocycles. The van der Waals surface area contributed by atoms with Crippen molar-refractivity contribution in [3.63, 3.8) is 0 Å². The number of aliphatic carboxylic acids is 1. The predicted octanol–water partition coefficient (Wildman–Crippen LogP) is -0.959. The van der Waals surface area contributed by atoms with Crippen LogP contribution < -0.4 is 16.0 Å². The third kappa shape index (κ3) is 5.63. The van der Waals surface area contributed by atoms with Gasteiger partial charge in [-0.3, -0.25) is 34.2 Å². The molecule has 3 atom stereocenters. The van der Waals surface area contributed by atoms with Gasteiger partial charge in [0.2, 0.25) is 5.16 Å². The molecule has 2 aliphatic rings. The molecule has 42 heavy (non-hydrogen) atoms. The standard InChI is InChI=1S/C23H20N8O9S2/c1-30-23(27-28-29-30)42-9-10-8-41-21-14(20(36)31(21)15(10)22(37)38)25-17(33)13(11-4-2-6-39-11)24-18(34)19(35)26-16(32)12-5-3-7-40-12/h2-7,13-14,21H,8-9H2,1H3,(H,24,34)(H,25,33)(H,37,38)(H,26,32,35)/t13?,14-,21-/m0/s1. The van der Waals surface area contributed by atoms with Gasteiger partial charge < -0.3 is 24.6 Å². The van der Waals surface area contributed by atoms with Crippen LogP contribution in [0.5, 0.6) is 0 Å². The number of carbonyl (C=O) groups is 6.